The molecule has 1 aromatic rings. The SMILES string of the molecule is CC(CC(=O)O)CC(=O)NC(=O)Nc1ccc(Br)cc1. The van der Waals surface area contributed by atoms with Crippen molar-refractivity contribution in [1.29, 1.82) is 0 Å². The number of carboxylic acids is 1. The molecule has 6 nitrogen and oxygen atoms in total. The third kappa shape index (κ3) is 6.33. The fourth-order valence-electron chi connectivity index (χ4n) is 1.56. The Kier molecular flexibility index (Phi) is 6.17. The number of hydrogen-bond donors (Lipinski definition) is 3. The van der Waals surface area contributed by atoms with Crippen LogP contribution < -0.4 is 10.6 Å². The average molecular weight is 343 g/mol. The summed E-state index contributed by atoms with van der Waals surface area (Å²) in [5.74, 6) is -1.80. The second-order valence-corrected chi connectivity index (χ2v) is 5.33. The molecule has 0 aliphatic carbocycles. The third-order valence-corrected chi connectivity index (χ3v) is 2.94. The van der Waals surface area contributed by atoms with E-state index in [2.05, 4.69) is 26.6 Å². The van der Waals surface area contributed by atoms with Crippen molar-refractivity contribution in [2.24, 2.45) is 5.92 Å². The van der Waals surface area contributed by atoms with Crippen molar-refractivity contribution >= 4 is 39.5 Å². The maximum atomic E-state index is 11.5. The van der Waals surface area contributed by atoms with Crippen molar-refractivity contribution in [3.05, 3.63) is 28.7 Å². The van der Waals surface area contributed by atoms with Crippen LogP contribution in [-0.2, 0) is 9.59 Å². The van der Waals surface area contributed by atoms with E-state index in [0.717, 1.165) is 4.47 Å². The Labute approximate surface area is 124 Å². The van der Waals surface area contributed by atoms with Gasteiger partial charge in [-0.25, -0.2) is 4.79 Å². The summed E-state index contributed by atoms with van der Waals surface area (Å²) >= 11 is 3.27. The molecule has 1 unspecified atom stereocenters. The van der Waals surface area contributed by atoms with Crippen LogP contribution in [0.4, 0.5) is 10.5 Å². The molecule has 0 heterocycles. The fourth-order valence-corrected chi connectivity index (χ4v) is 1.82. The molecule has 20 heavy (non-hydrogen) atoms. The lowest BCUT2D eigenvalue weighted by molar-refractivity contribution is -0.138. The molecule has 1 atom stereocenters. The van der Waals surface area contributed by atoms with Crippen LogP contribution in [-0.4, -0.2) is 23.0 Å². The van der Waals surface area contributed by atoms with Gasteiger partial charge in [0.2, 0.25) is 5.91 Å². The molecule has 0 spiro atoms. The van der Waals surface area contributed by atoms with Gasteiger partial charge in [0.25, 0.3) is 0 Å². The zero-order valence-electron chi connectivity index (χ0n) is 10.9. The highest BCUT2D eigenvalue weighted by molar-refractivity contribution is 9.10. The van der Waals surface area contributed by atoms with Gasteiger partial charge in [0.1, 0.15) is 0 Å². The maximum absolute atomic E-state index is 11.5. The lowest BCUT2D eigenvalue weighted by Crippen LogP contribution is -2.35. The number of benzene rings is 1. The Hall–Kier alpha value is -1.89. The van der Waals surface area contributed by atoms with Gasteiger partial charge >= 0.3 is 12.0 Å². The standard InChI is InChI=1S/C13H15BrN2O4/c1-8(7-12(18)19)6-11(17)16-13(20)15-10-4-2-9(14)3-5-10/h2-5,8H,6-7H2,1H3,(H,18,19)(H2,15,16,17,20). The number of carbonyl (C=O) groups excluding carboxylic acids is 2. The molecule has 0 aromatic heterocycles. The molecule has 0 aliphatic heterocycles. The first-order valence-electron chi connectivity index (χ1n) is 5.95. The second kappa shape index (κ2) is 7.64. The minimum Gasteiger partial charge on any atom is -0.481 e. The van der Waals surface area contributed by atoms with E-state index >= 15 is 0 Å². The van der Waals surface area contributed by atoms with E-state index in [-0.39, 0.29) is 18.8 Å². The van der Waals surface area contributed by atoms with Crippen LogP contribution >= 0.6 is 15.9 Å². The number of urea groups is 1. The number of anilines is 1. The number of hydrogen-bond acceptors (Lipinski definition) is 3. The van der Waals surface area contributed by atoms with E-state index < -0.39 is 17.9 Å². The first kappa shape index (κ1) is 16.2. The van der Waals surface area contributed by atoms with E-state index in [0.29, 0.717) is 5.69 Å². The van der Waals surface area contributed by atoms with Crippen LogP contribution in [0.25, 0.3) is 0 Å². The van der Waals surface area contributed by atoms with E-state index in [4.69, 9.17) is 5.11 Å². The smallest absolute Gasteiger partial charge is 0.325 e. The molecule has 7 heteroatoms. The quantitative estimate of drug-likeness (QED) is 0.766. The van der Waals surface area contributed by atoms with Crippen molar-refractivity contribution < 1.29 is 19.5 Å². The summed E-state index contributed by atoms with van der Waals surface area (Å²) in [5.41, 5.74) is 0.553. The minimum absolute atomic E-state index is 0.0138. The highest BCUT2D eigenvalue weighted by Crippen LogP contribution is 2.14. The molecule has 0 radical (unpaired) electrons. The second-order valence-electron chi connectivity index (χ2n) is 4.42. The number of carbonyl (C=O) groups is 3. The molecule has 0 fully saturated rings. The summed E-state index contributed by atoms with van der Waals surface area (Å²) in [6, 6.07) is 6.24. The van der Waals surface area contributed by atoms with Crippen LogP contribution in [0.2, 0.25) is 0 Å². The zero-order valence-corrected chi connectivity index (χ0v) is 12.4. The summed E-state index contributed by atoms with van der Waals surface area (Å²) in [6.45, 7) is 1.64. The lowest BCUT2D eigenvalue weighted by atomic mass is 10.0. The third-order valence-electron chi connectivity index (χ3n) is 2.41. The molecule has 0 aliphatic rings. The number of nitrogens with one attached hydrogen (secondary N) is 2. The highest BCUT2D eigenvalue weighted by atomic mass is 79.9. The molecule has 0 saturated carbocycles. The van der Waals surface area contributed by atoms with Crippen LogP contribution in [0.3, 0.4) is 0 Å². The molecule has 0 bridgehead atoms. The van der Waals surface area contributed by atoms with Gasteiger partial charge in [-0.3, -0.25) is 14.9 Å². The van der Waals surface area contributed by atoms with Gasteiger partial charge in [-0.2, -0.15) is 0 Å². The van der Waals surface area contributed by atoms with Crippen molar-refractivity contribution in [1.82, 2.24) is 5.32 Å². The average Bonchev–Trinajstić information content (AvgIpc) is 2.30. The van der Waals surface area contributed by atoms with Gasteiger partial charge in [-0.05, 0) is 30.2 Å². The first-order valence-corrected chi connectivity index (χ1v) is 6.74. The van der Waals surface area contributed by atoms with E-state index in [1.54, 1.807) is 31.2 Å². The van der Waals surface area contributed by atoms with Crippen molar-refractivity contribution in [2.45, 2.75) is 19.8 Å². The molecular weight excluding hydrogens is 328 g/mol. The van der Waals surface area contributed by atoms with E-state index in [9.17, 15) is 14.4 Å². The van der Waals surface area contributed by atoms with Crippen molar-refractivity contribution in [3.63, 3.8) is 0 Å². The minimum atomic E-state index is -0.968. The van der Waals surface area contributed by atoms with Gasteiger partial charge in [0.05, 0.1) is 0 Å². The molecule has 0 saturated heterocycles. The van der Waals surface area contributed by atoms with Crippen molar-refractivity contribution in [2.75, 3.05) is 5.32 Å². The normalized spacial score (nSPS) is 11.5. The molecule has 1 rings (SSSR count). The Bertz CT molecular complexity index is 502. The predicted molar refractivity (Wildman–Crippen MR) is 77.3 cm³/mol. The van der Waals surface area contributed by atoms with Gasteiger partial charge in [0, 0.05) is 23.0 Å². The number of aliphatic carboxylic acids is 1. The Morgan fingerprint density at radius 3 is 2.35 bits per heavy atom. The summed E-state index contributed by atoms with van der Waals surface area (Å²) in [5, 5.41) is 13.2. The van der Waals surface area contributed by atoms with Gasteiger partial charge in [0.15, 0.2) is 0 Å². The number of carboxylic acid groups (broad SMARTS) is 1. The molecule has 108 valence electrons. The van der Waals surface area contributed by atoms with Gasteiger partial charge < -0.3 is 10.4 Å². The monoisotopic (exact) mass is 342 g/mol. The fraction of sp³-hybridized carbons (Fsp3) is 0.308. The number of amides is 3. The Balaban J connectivity index is 2.40. The Morgan fingerprint density at radius 1 is 1.20 bits per heavy atom. The Morgan fingerprint density at radius 2 is 1.80 bits per heavy atom. The highest BCUT2D eigenvalue weighted by Gasteiger charge is 2.14. The van der Waals surface area contributed by atoms with E-state index in [1.807, 2.05) is 0 Å². The lowest BCUT2D eigenvalue weighted by Gasteiger charge is -2.09. The zero-order chi connectivity index (χ0) is 15.1. The predicted octanol–water partition coefficient (Wildman–Crippen LogP) is 2.60. The van der Waals surface area contributed by atoms with Crippen molar-refractivity contribution in [3.8, 4) is 0 Å². The summed E-state index contributed by atoms with van der Waals surface area (Å²) < 4.78 is 0.877. The van der Waals surface area contributed by atoms with Gasteiger partial charge in [-0.15, -0.1) is 0 Å². The van der Waals surface area contributed by atoms with Gasteiger partial charge in [-0.1, -0.05) is 22.9 Å². The number of rotatable bonds is 5. The maximum Gasteiger partial charge on any atom is 0.325 e. The van der Waals surface area contributed by atoms with Crippen LogP contribution in [0.15, 0.2) is 28.7 Å². The summed E-state index contributed by atoms with van der Waals surface area (Å²) in [4.78, 5) is 33.5. The number of imide groups is 1. The molecule has 3 N–H and O–H groups in total. The largest absolute Gasteiger partial charge is 0.481 e. The van der Waals surface area contributed by atoms with Crippen LogP contribution in [0.5, 0.6) is 0 Å². The topological polar surface area (TPSA) is 95.5 Å². The van der Waals surface area contributed by atoms with Crippen LogP contribution in [0.1, 0.15) is 19.8 Å². The summed E-state index contributed by atoms with van der Waals surface area (Å²) in [7, 11) is 0. The summed E-state index contributed by atoms with van der Waals surface area (Å²) in [6.07, 6.45) is -0.123. The van der Waals surface area contributed by atoms with Crippen LogP contribution in [0, 0.1) is 5.92 Å². The number of halogens is 1. The molecule has 1 aromatic carbocycles. The first-order chi connectivity index (χ1) is 9.36. The molecular formula is C13H15BrN2O4. The molecule has 3 amide bonds. The van der Waals surface area contributed by atoms with E-state index in [1.165, 1.54) is 0 Å².